The molecule has 1 saturated heterocycles. The van der Waals surface area contributed by atoms with Crippen LogP contribution in [0.15, 0.2) is 24.3 Å². The summed E-state index contributed by atoms with van der Waals surface area (Å²) >= 11 is 0. The second-order valence-corrected chi connectivity index (χ2v) is 6.95. The van der Waals surface area contributed by atoms with E-state index >= 15 is 0 Å². The fourth-order valence-electron chi connectivity index (χ4n) is 3.35. The Morgan fingerprint density at radius 2 is 1.76 bits per heavy atom. The van der Waals surface area contributed by atoms with Crippen LogP contribution in [0.5, 0.6) is 0 Å². The van der Waals surface area contributed by atoms with Crippen molar-refractivity contribution >= 4 is 17.5 Å². The highest BCUT2D eigenvalue weighted by Gasteiger charge is 2.22. The van der Waals surface area contributed by atoms with Crippen molar-refractivity contribution in [2.45, 2.75) is 40.0 Å². The first-order chi connectivity index (χ1) is 11.9. The van der Waals surface area contributed by atoms with Crippen LogP contribution < -0.4 is 4.90 Å². The quantitative estimate of drug-likeness (QED) is 0.796. The second kappa shape index (κ2) is 8.99. The van der Waals surface area contributed by atoms with Gasteiger partial charge in [-0.15, -0.1) is 0 Å². The monoisotopic (exact) mass is 345 g/mol. The molecule has 5 nitrogen and oxygen atoms in total. The molecule has 0 saturated carbocycles. The van der Waals surface area contributed by atoms with Gasteiger partial charge in [0, 0.05) is 51.8 Å². The van der Waals surface area contributed by atoms with Crippen molar-refractivity contribution in [3.05, 3.63) is 29.8 Å². The number of amides is 2. The molecule has 25 heavy (non-hydrogen) atoms. The third kappa shape index (κ3) is 5.05. The van der Waals surface area contributed by atoms with E-state index in [2.05, 4.69) is 31.7 Å². The highest BCUT2D eigenvalue weighted by Crippen LogP contribution is 2.27. The van der Waals surface area contributed by atoms with Gasteiger partial charge in [0.15, 0.2) is 0 Å². The summed E-state index contributed by atoms with van der Waals surface area (Å²) in [5.41, 5.74) is 2.07. The van der Waals surface area contributed by atoms with E-state index in [0.717, 1.165) is 44.0 Å². The number of likely N-dealkylation sites (N-methyl/N-ethyl adjacent to an activating group) is 1. The summed E-state index contributed by atoms with van der Waals surface area (Å²) < 4.78 is 0. The van der Waals surface area contributed by atoms with Crippen LogP contribution in [0, 0.1) is 0 Å². The van der Waals surface area contributed by atoms with E-state index in [9.17, 15) is 9.59 Å². The molecule has 0 bridgehead atoms. The Morgan fingerprint density at radius 3 is 2.32 bits per heavy atom. The van der Waals surface area contributed by atoms with Crippen LogP contribution >= 0.6 is 0 Å². The van der Waals surface area contributed by atoms with Gasteiger partial charge in [-0.1, -0.05) is 39.0 Å². The molecule has 0 unspecified atom stereocenters. The van der Waals surface area contributed by atoms with Gasteiger partial charge in [-0.2, -0.15) is 0 Å². The van der Waals surface area contributed by atoms with Gasteiger partial charge < -0.3 is 14.7 Å². The molecule has 0 aromatic heterocycles. The summed E-state index contributed by atoms with van der Waals surface area (Å²) in [6.07, 6.45) is 0.373. The van der Waals surface area contributed by atoms with E-state index < -0.39 is 0 Å². The standard InChI is InChI=1S/C20H31N3O2/c1-5-21-12-14-22(15-13-21)20(25)10-11-23(17(4)24)19-9-7-6-8-18(19)16(2)3/h6-9,16H,5,10-15H2,1-4H3. The Hall–Kier alpha value is -1.88. The fraction of sp³-hybridized carbons (Fsp3) is 0.600. The number of rotatable bonds is 6. The SMILES string of the molecule is CCN1CCN(C(=O)CCN(C(C)=O)c2ccccc2C(C)C)CC1. The van der Waals surface area contributed by atoms with E-state index in [0.29, 0.717) is 18.9 Å². The molecule has 5 heteroatoms. The first kappa shape index (κ1) is 19.4. The van der Waals surface area contributed by atoms with E-state index in [4.69, 9.17) is 0 Å². The summed E-state index contributed by atoms with van der Waals surface area (Å²) in [7, 11) is 0. The molecule has 1 aromatic rings. The predicted molar refractivity (Wildman–Crippen MR) is 102 cm³/mol. The van der Waals surface area contributed by atoms with Crippen molar-refractivity contribution in [2.75, 3.05) is 44.2 Å². The molecule has 0 spiro atoms. The molecule has 1 fully saturated rings. The third-order valence-corrected chi connectivity index (χ3v) is 4.95. The molecule has 1 heterocycles. The number of para-hydroxylation sites is 1. The largest absolute Gasteiger partial charge is 0.340 e. The maximum absolute atomic E-state index is 12.5. The number of carbonyl (C=O) groups excluding carboxylic acids is 2. The van der Waals surface area contributed by atoms with Gasteiger partial charge in [-0.3, -0.25) is 9.59 Å². The average Bonchev–Trinajstić information content (AvgIpc) is 2.61. The minimum atomic E-state index is -0.0169. The molecule has 0 atom stereocenters. The number of benzene rings is 1. The zero-order valence-electron chi connectivity index (χ0n) is 16.0. The normalized spacial score (nSPS) is 15.5. The fourth-order valence-corrected chi connectivity index (χ4v) is 3.35. The van der Waals surface area contributed by atoms with Gasteiger partial charge in [-0.05, 0) is 24.1 Å². The van der Waals surface area contributed by atoms with Crippen LogP contribution in [0.3, 0.4) is 0 Å². The highest BCUT2D eigenvalue weighted by molar-refractivity contribution is 5.93. The third-order valence-electron chi connectivity index (χ3n) is 4.95. The Labute approximate surface area is 151 Å². The molecule has 138 valence electrons. The van der Waals surface area contributed by atoms with E-state index in [1.165, 1.54) is 0 Å². The van der Waals surface area contributed by atoms with E-state index in [1.807, 2.05) is 23.1 Å². The topological polar surface area (TPSA) is 43.9 Å². The first-order valence-corrected chi connectivity index (χ1v) is 9.31. The average molecular weight is 345 g/mol. The van der Waals surface area contributed by atoms with Crippen molar-refractivity contribution in [1.29, 1.82) is 0 Å². The Morgan fingerprint density at radius 1 is 1.12 bits per heavy atom. The van der Waals surface area contributed by atoms with Crippen LogP contribution in [0.4, 0.5) is 5.69 Å². The molecule has 2 rings (SSSR count). The summed E-state index contributed by atoms with van der Waals surface area (Å²) in [4.78, 5) is 30.8. The van der Waals surface area contributed by atoms with Crippen LogP contribution in [-0.4, -0.2) is 60.9 Å². The van der Waals surface area contributed by atoms with Gasteiger partial charge in [-0.25, -0.2) is 0 Å². The van der Waals surface area contributed by atoms with Crippen molar-refractivity contribution < 1.29 is 9.59 Å². The van der Waals surface area contributed by atoms with E-state index in [1.54, 1.807) is 11.8 Å². The van der Waals surface area contributed by atoms with Crippen molar-refractivity contribution in [1.82, 2.24) is 9.80 Å². The minimum absolute atomic E-state index is 0.0169. The molecule has 1 aromatic carbocycles. The first-order valence-electron chi connectivity index (χ1n) is 9.31. The number of hydrogen-bond acceptors (Lipinski definition) is 3. The second-order valence-electron chi connectivity index (χ2n) is 6.95. The van der Waals surface area contributed by atoms with Crippen LogP contribution in [0.1, 0.15) is 45.6 Å². The van der Waals surface area contributed by atoms with Gasteiger partial charge in [0.05, 0.1) is 0 Å². The van der Waals surface area contributed by atoms with Crippen molar-refractivity contribution in [3.63, 3.8) is 0 Å². The maximum atomic E-state index is 12.5. The van der Waals surface area contributed by atoms with Crippen molar-refractivity contribution in [3.8, 4) is 0 Å². The minimum Gasteiger partial charge on any atom is -0.340 e. The lowest BCUT2D eigenvalue weighted by Crippen LogP contribution is -2.49. The molecule has 0 N–H and O–H groups in total. The lowest BCUT2D eigenvalue weighted by molar-refractivity contribution is -0.132. The number of anilines is 1. The molecule has 1 aliphatic rings. The smallest absolute Gasteiger partial charge is 0.224 e. The van der Waals surface area contributed by atoms with Gasteiger partial charge in [0.2, 0.25) is 11.8 Å². The Bertz CT molecular complexity index is 592. The molecular formula is C20H31N3O2. The number of hydrogen-bond donors (Lipinski definition) is 0. The molecule has 0 aliphatic carbocycles. The predicted octanol–water partition coefficient (Wildman–Crippen LogP) is 2.72. The number of nitrogens with zero attached hydrogens (tertiary/aromatic N) is 3. The zero-order valence-corrected chi connectivity index (χ0v) is 16.0. The Balaban J connectivity index is 2.01. The molecule has 0 radical (unpaired) electrons. The van der Waals surface area contributed by atoms with E-state index in [-0.39, 0.29) is 11.8 Å². The summed E-state index contributed by atoms with van der Waals surface area (Å²) in [5.74, 6) is 0.455. The summed E-state index contributed by atoms with van der Waals surface area (Å²) in [6.45, 7) is 12.9. The van der Waals surface area contributed by atoms with Gasteiger partial charge in [0.25, 0.3) is 0 Å². The number of carbonyl (C=O) groups is 2. The zero-order chi connectivity index (χ0) is 18.4. The highest BCUT2D eigenvalue weighted by atomic mass is 16.2. The lowest BCUT2D eigenvalue weighted by atomic mass is 10.00. The van der Waals surface area contributed by atoms with Crippen molar-refractivity contribution in [2.24, 2.45) is 0 Å². The van der Waals surface area contributed by atoms with Crippen LogP contribution in [-0.2, 0) is 9.59 Å². The maximum Gasteiger partial charge on any atom is 0.224 e. The van der Waals surface area contributed by atoms with Gasteiger partial charge >= 0.3 is 0 Å². The molecular weight excluding hydrogens is 314 g/mol. The Kier molecular flexibility index (Phi) is 7.00. The van der Waals surface area contributed by atoms with Crippen LogP contribution in [0.2, 0.25) is 0 Å². The number of piperazine rings is 1. The van der Waals surface area contributed by atoms with Crippen LogP contribution in [0.25, 0.3) is 0 Å². The molecule has 1 aliphatic heterocycles. The summed E-state index contributed by atoms with van der Waals surface area (Å²) in [5, 5.41) is 0. The lowest BCUT2D eigenvalue weighted by Gasteiger charge is -2.34. The molecule has 2 amide bonds. The summed E-state index contributed by atoms with van der Waals surface area (Å²) in [6, 6.07) is 7.97. The van der Waals surface area contributed by atoms with Gasteiger partial charge in [0.1, 0.15) is 0 Å².